The zero-order valence-electron chi connectivity index (χ0n) is 10.3. The summed E-state index contributed by atoms with van der Waals surface area (Å²) in [5, 5.41) is 2.96. The largest absolute Gasteiger partial charge is 0.364 e. The molecule has 5 heteroatoms. The molecule has 1 unspecified atom stereocenters. The minimum absolute atomic E-state index is 0.00973. The highest BCUT2D eigenvalue weighted by Crippen LogP contribution is 2.10. The van der Waals surface area contributed by atoms with E-state index in [4.69, 9.17) is 5.73 Å². The van der Waals surface area contributed by atoms with Gasteiger partial charge in [0.2, 0.25) is 0 Å². The van der Waals surface area contributed by atoms with Crippen LogP contribution in [0.3, 0.4) is 0 Å². The van der Waals surface area contributed by atoms with E-state index < -0.39 is 0 Å². The van der Waals surface area contributed by atoms with E-state index in [2.05, 4.69) is 10.3 Å². The molecule has 0 spiro atoms. The minimum atomic E-state index is -0.245. The van der Waals surface area contributed by atoms with Crippen molar-refractivity contribution in [1.29, 1.82) is 0 Å². The van der Waals surface area contributed by atoms with Gasteiger partial charge in [-0.25, -0.2) is 4.98 Å². The summed E-state index contributed by atoms with van der Waals surface area (Å²) in [6.45, 7) is 8.34. The lowest BCUT2D eigenvalue weighted by molar-refractivity contribution is 0.383. The molecule has 1 aromatic heterocycles. The number of hydrogen-bond acceptors (Lipinski definition) is 4. The van der Waals surface area contributed by atoms with E-state index in [-0.39, 0.29) is 17.1 Å². The average Bonchev–Trinajstić information content (AvgIpc) is 2.14. The maximum absolute atomic E-state index is 12.0. The second-order valence-electron chi connectivity index (χ2n) is 4.98. The molecular weight excluding hydrogens is 204 g/mol. The van der Waals surface area contributed by atoms with Gasteiger partial charge < -0.3 is 15.6 Å². The van der Waals surface area contributed by atoms with Crippen molar-refractivity contribution < 1.29 is 0 Å². The first-order valence-corrected chi connectivity index (χ1v) is 5.40. The number of anilines is 1. The van der Waals surface area contributed by atoms with Crippen LogP contribution in [-0.4, -0.2) is 22.1 Å². The molecule has 0 saturated carbocycles. The Morgan fingerprint density at radius 2 is 2.19 bits per heavy atom. The standard InChI is InChI=1S/C11H20N4O/c1-8(12)7-14-9-10(16)15(6-5-13-9)11(2,3)4/h5-6,8H,7,12H2,1-4H3,(H,13,14). The van der Waals surface area contributed by atoms with E-state index in [1.165, 1.54) is 0 Å². The summed E-state index contributed by atoms with van der Waals surface area (Å²) in [5.41, 5.74) is 5.25. The SMILES string of the molecule is CC(N)CNc1nccn(C(C)(C)C)c1=O. The van der Waals surface area contributed by atoms with Crippen LogP contribution in [0.25, 0.3) is 0 Å². The fourth-order valence-electron chi connectivity index (χ4n) is 1.32. The molecule has 0 bridgehead atoms. The van der Waals surface area contributed by atoms with Crippen molar-refractivity contribution in [2.45, 2.75) is 39.3 Å². The fraction of sp³-hybridized carbons (Fsp3) is 0.636. The quantitative estimate of drug-likeness (QED) is 0.795. The Balaban J connectivity index is 3.01. The molecule has 1 aromatic rings. The van der Waals surface area contributed by atoms with Gasteiger partial charge in [-0.1, -0.05) is 0 Å². The lowest BCUT2D eigenvalue weighted by atomic mass is 10.1. The van der Waals surface area contributed by atoms with Crippen LogP contribution in [0.5, 0.6) is 0 Å². The predicted molar refractivity (Wildman–Crippen MR) is 65.6 cm³/mol. The van der Waals surface area contributed by atoms with Gasteiger partial charge in [0, 0.05) is 30.5 Å². The van der Waals surface area contributed by atoms with Gasteiger partial charge in [0.1, 0.15) is 0 Å². The van der Waals surface area contributed by atoms with E-state index >= 15 is 0 Å². The number of nitrogens with one attached hydrogen (secondary N) is 1. The van der Waals surface area contributed by atoms with Gasteiger partial charge in [-0.3, -0.25) is 4.79 Å². The smallest absolute Gasteiger partial charge is 0.293 e. The summed E-state index contributed by atoms with van der Waals surface area (Å²) in [5.74, 6) is 0.356. The molecule has 16 heavy (non-hydrogen) atoms. The number of hydrogen-bond donors (Lipinski definition) is 2. The topological polar surface area (TPSA) is 72.9 Å². The molecule has 0 aliphatic heterocycles. The summed E-state index contributed by atoms with van der Waals surface area (Å²) < 4.78 is 1.66. The zero-order valence-corrected chi connectivity index (χ0v) is 10.3. The molecule has 0 radical (unpaired) electrons. The van der Waals surface area contributed by atoms with Gasteiger partial charge >= 0.3 is 0 Å². The summed E-state index contributed by atoms with van der Waals surface area (Å²) in [6, 6.07) is -0.00973. The number of aromatic nitrogens is 2. The lowest BCUT2D eigenvalue weighted by Gasteiger charge is -2.22. The van der Waals surface area contributed by atoms with Gasteiger partial charge in [-0.15, -0.1) is 0 Å². The zero-order chi connectivity index (χ0) is 12.3. The molecule has 0 fully saturated rings. The van der Waals surface area contributed by atoms with Crippen LogP contribution in [0.15, 0.2) is 17.2 Å². The summed E-state index contributed by atoms with van der Waals surface area (Å²) in [6.07, 6.45) is 3.32. The summed E-state index contributed by atoms with van der Waals surface area (Å²) in [7, 11) is 0. The molecule has 5 nitrogen and oxygen atoms in total. The van der Waals surface area contributed by atoms with Gasteiger partial charge in [0.25, 0.3) is 5.56 Å². The maximum atomic E-state index is 12.0. The first-order valence-electron chi connectivity index (χ1n) is 5.40. The normalized spacial score (nSPS) is 13.6. The minimum Gasteiger partial charge on any atom is -0.364 e. The van der Waals surface area contributed by atoms with Crippen molar-refractivity contribution in [3.63, 3.8) is 0 Å². The monoisotopic (exact) mass is 224 g/mol. The van der Waals surface area contributed by atoms with Crippen LogP contribution in [0, 0.1) is 0 Å². The number of nitrogens with two attached hydrogens (primary N) is 1. The van der Waals surface area contributed by atoms with Crippen LogP contribution in [-0.2, 0) is 5.54 Å². The Morgan fingerprint density at radius 3 is 2.69 bits per heavy atom. The van der Waals surface area contributed by atoms with E-state index in [1.807, 2.05) is 27.7 Å². The van der Waals surface area contributed by atoms with Crippen molar-refractivity contribution in [2.24, 2.45) is 5.73 Å². The molecule has 0 amide bonds. The third-order valence-corrected chi connectivity index (χ3v) is 2.15. The van der Waals surface area contributed by atoms with Crippen LogP contribution in [0.2, 0.25) is 0 Å². The third kappa shape index (κ3) is 3.06. The van der Waals surface area contributed by atoms with Crippen molar-refractivity contribution in [3.8, 4) is 0 Å². The molecular formula is C11H20N4O. The molecule has 1 rings (SSSR count). The van der Waals surface area contributed by atoms with Crippen LogP contribution in [0.4, 0.5) is 5.82 Å². The van der Waals surface area contributed by atoms with Crippen molar-refractivity contribution in [2.75, 3.05) is 11.9 Å². The molecule has 1 heterocycles. The highest BCUT2D eigenvalue weighted by molar-refractivity contribution is 5.31. The predicted octanol–water partition coefficient (Wildman–Crippen LogP) is 0.757. The first-order chi connectivity index (χ1) is 7.32. The van der Waals surface area contributed by atoms with Gasteiger partial charge in [0.05, 0.1) is 0 Å². The molecule has 0 aromatic carbocycles. The third-order valence-electron chi connectivity index (χ3n) is 2.15. The van der Waals surface area contributed by atoms with E-state index in [1.54, 1.807) is 17.0 Å². The van der Waals surface area contributed by atoms with E-state index in [9.17, 15) is 4.79 Å². The molecule has 90 valence electrons. The molecule has 0 aliphatic carbocycles. The van der Waals surface area contributed by atoms with Gasteiger partial charge in [-0.05, 0) is 27.7 Å². The Bertz CT molecular complexity index is 403. The molecule has 3 N–H and O–H groups in total. The van der Waals surface area contributed by atoms with Crippen LogP contribution < -0.4 is 16.6 Å². The molecule has 0 aliphatic rings. The average molecular weight is 224 g/mol. The fourth-order valence-corrected chi connectivity index (χ4v) is 1.32. The van der Waals surface area contributed by atoms with Crippen molar-refractivity contribution in [3.05, 3.63) is 22.7 Å². The summed E-state index contributed by atoms with van der Waals surface area (Å²) >= 11 is 0. The lowest BCUT2D eigenvalue weighted by Crippen LogP contribution is -2.36. The molecule has 1 atom stereocenters. The van der Waals surface area contributed by atoms with Crippen LogP contribution in [0.1, 0.15) is 27.7 Å². The van der Waals surface area contributed by atoms with E-state index in [0.717, 1.165) is 0 Å². The number of nitrogens with zero attached hydrogens (tertiary/aromatic N) is 2. The number of rotatable bonds is 3. The maximum Gasteiger partial charge on any atom is 0.293 e. The van der Waals surface area contributed by atoms with Gasteiger partial charge in [-0.2, -0.15) is 0 Å². The Morgan fingerprint density at radius 1 is 1.56 bits per heavy atom. The first kappa shape index (κ1) is 12.7. The Labute approximate surface area is 95.7 Å². The van der Waals surface area contributed by atoms with Crippen LogP contribution >= 0.6 is 0 Å². The highest BCUT2D eigenvalue weighted by Gasteiger charge is 2.16. The summed E-state index contributed by atoms with van der Waals surface area (Å²) in [4.78, 5) is 16.0. The molecule has 0 saturated heterocycles. The highest BCUT2D eigenvalue weighted by atomic mass is 16.1. The van der Waals surface area contributed by atoms with E-state index in [0.29, 0.717) is 12.4 Å². The van der Waals surface area contributed by atoms with Crippen molar-refractivity contribution >= 4 is 5.82 Å². The second kappa shape index (κ2) is 4.65. The van der Waals surface area contributed by atoms with Crippen molar-refractivity contribution in [1.82, 2.24) is 9.55 Å². The Hall–Kier alpha value is -1.36. The van der Waals surface area contributed by atoms with Gasteiger partial charge in [0.15, 0.2) is 5.82 Å². The Kier molecular flexibility index (Phi) is 3.70. The second-order valence-corrected chi connectivity index (χ2v) is 4.98.